The molecule has 1 amide bonds. The van der Waals surface area contributed by atoms with Crippen LogP contribution in [0.2, 0.25) is 0 Å². The lowest BCUT2D eigenvalue weighted by molar-refractivity contribution is -0.120. The van der Waals surface area contributed by atoms with Crippen LogP contribution in [0.15, 0.2) is 30.5 Å². The molecule has 0 aliphatic carbocycles. The summed E-state index contributed by atoms with van der Waals surface area (Å²) in [5.41, 5.74) is 3.31. The Morgan fingerprint density at radius 2 is 1.83 bits per heavy atom. The number of carbonyl (C=O) groups is 1. The van der Waals surface area contributed by atoms with Crippen molar-refractivity contribution in [2.45, 2.75) is 38.5 Å². The van der Waals surface area contributed by atoms with Gasteiger partial charge in [0.15, 0.2) is 0 Å². The summed E-state index contributed by atoms with van der Waals surface area (Å²) in [5.74, 6) is 1.16. The molecule has 0 radical (unpaired) electrons. The van der Waals surface area contributed by atoms with Gasteiger partial charge in [-0.3, -0.25) is 4.79 Å². The van der Waals surface area contributed by atoms with Crippen molar-refractivity contribution in [3.8, 4) is 11.3 Å². The molecular weight excluding hydrogens is 288 g/mol. The summed E-state index contributed by atoms with van der Waals surface area (Å²) in [7, 11) is 3.60. The molecular formula is C18H26N4O. The number of H-pyrrole nitrogens is 1. The molecule has 5 nitrogen and oxygen atoms in total. The van der Waals surface area contributed by atoms with E-state index in [9.17, 15) is 4.79 Å². The molecule has 0 spiro atoms. The van der Waals surface area contributed by atoms with Crippen LogP contribution in [0.3, 0.4) is 0 Å². The number of unbranched alkanes of at least 4 members (excludes halogenated alkanes) is 3. The second kappa shape index (κ2) is 8.98. The number of amides is 1. The van der Waals surface area contributed by atoms with Gasteiger partial charge in [-0.05, 0) is 30.5 Å². The fourth-order valence-electron chi connectivity index (χ4n) is 2.51. The third-order valence-corrected chi connectivity index (χ3v) is 3.96. The zero-order valence-electron chi connectivity index (χ0n) is 14.0. The lowest BCUT2D eigenvalue weighted by Gasteiger charge is -2.02. The lowest BCUT2D eigenvalue weighted by atomic mass is 10.1. The molecule has 3 N–H and O–H groups in total. The number of aromatic nitrogens is 2. The summed E-state index contributed by atoms with van der Waals surface area (Å²) < 4.78 is 0. The first-order valence-electron chi connectivity index (χ1n) is 8.25. The van der Waals surface area contributed by atoms with E-state index in [1.54, 1.807) is 7.05 Å². The van der Waals surface area contributed by atoms with Crippen LogP contribution >= 0.6 is 0 Å². The number of rotatable bonds is 9. The standard InChI is InChI=1S/C18H26N4O/c1-19-15-11-9-14(10-12-15)16-13-21-17(22-16)7-5-3-4-6-8-18(23)20-2/h9-13,19H,3-8H2,1-2H3,(H,20,23)(H,21,22). The Labute approximate surface area is 137 Å². The molecule has 124 valence electrons. The molecule has 2 aromatic rings. The number of aromatic amines is 1. The number of aryl methyl sites for hydroxylation is 1. The fourth-order valence-corrected chi connectivity index (χ4v) is 2.51. The van der Waals surface area contributed by atoms with E-state index in [1.165, 1.54) is 0 Å². The van der Waals surface area contributed by atoms with Crippen molar-refractivity contribution in [3.05, 3.63) is 36.3 Å². The predicted molar refractivity (Wildman–Crippen MR) is 94.4 cm³/mol. The van der Waals surface area contributed by atoms with Gasteiger partial charge < -0.3 is 15.6 Å². The third-order valence-electron chi connectivity index (χ3n) is 3.96. The van der Waals surface area contributed by atoms with Gasteiger partial charge in [-0.25, -0.2) is 4.98 Å². The Hall–Kier alpha value is -2.30. The van der Waals surface area contributed by atoms with Crippen LogP contribution in [0, 0.1) is 0 Å². The second-order valence-electron chi connectivity index (χ2n) is 5.66. The molecule has 23 heavy (non-hydrogen) atoms. The maximum Gasteiger partial charge on any atom is 0.219 e. The van der Waals surface area contributed by atoms with Gasteiger partial charge in [-0.15, -0.1) is 0 Å². The Morgan fingerprint density at radius 3 is 2.52 bits per heavy atom. The smallest absolute Gasteiger partial charge is 0.219 e. The zero-order valence-corrected chi connectivity index (χ0v) is 14.0. The van der Waals surface area contributed by atoms with Crippen LogP contribution in [-0.4, -0.2) is 30.0 Å². The first kappa shape index (κ1) is 17.1. The van der Waals surface area contributed by atoms with E-state index in [-0.39, 0.29) is 5.91 Å². The minimum atomic E-state index is 0.130. The molecule has 0 aliphatic rings. The summed E-state index contributed by atoms with van der Waals surface area (Å²) >= 11 is 0. The van der Waals surface area contributed by atoms with Crippen molar-refractivity contribution in [1.29, 1.82) is 0 Å². The monoisotopic (exact) mass is 314 g/mol. The van der Waals surface area contributed by atoms with Gasteiger partial charge in [0.05, 0.1) is 11.9 Å². The van der Waals surface area contributed by atoms with E-state index in [2.05, 4.69) is 44.9 Å². The number of benzene rings is 1. The van der Waals surface area contributed by atoms with Crippen LogP contribution in [-0.2, 0) is 11.2 Å². The van der Waals surface area contributed by atoms with Gasteiger partial charge in [0.1, 0.15) is 5.82 Å². The fraction of sp³-hybridized carbons (Fsp3) is 0.444. The van der Waals surface area contributed by atoms with Gasteiger partial charge in [-0.1, -0.05) is 25.0 Å². The van der Waals surface area contributed by atoms with Gasteiger partial charge in [-0.2, -0.15) is 0 Å². The molecule has 0 aliphatic heterocycles. The summed E-state index contributed by atoms with van der Waals surface area (Å²) in [6.45, 7) is 0. The van der Waals surface area contributed by atoms with E-state index < -0.39 is 0 Å². The number of carbonyl (C=O) groups excluding carboxylic acids is 1. The highest BCUT2D eigenvalue weighted by atomic mass is 16.1. The van der Waals surface area contributed by atoms with Crippen molar-refractivity contribution in [2.24, 2.45) is 0 Å². The SMILES string of the molecule is CNC(=O)CCCCCCc1ncc(-c2ccc(NC)cc2)[nH]1. The lowest BCUT2D eigenvalue weighted by Crippen LogP contribution is -2.16. The molecule has 0 atom stereocenters. The van der Waals surface area contributed by atoms with E-state index in [1.807, 2.05) is 13.2 Å². The number of imidazole rings is 1. The van der Waals surface area contributed by atoms with Crippen LogP contribution in [0.5, 0.6) is 0 Å². The highest BCUT2D eigenvalue weighted by Crippen LogP contribution is 2.20. The maximum absolute atomic E-state index is 11.1. The molecule has 1 heterocycles. The first-order chi connectivity index (χ1) is 11.2. The summed E-state index contributed by atoms with van der Waals surface area (Å²) in [6.07, 6.45) is 7.75. The normalized spacial score (nSPS) is 10.5. The highest BCUT2D eigenvalue weighted by molar-refractivity contribution is 5.75. The Kier molecular flexibility index (Phi) is 6.66. The average Bonchev–Trinajstić information content (AvgIpc) is 3.06. The minimum absolute atomic E-state index is 0.130. The topological polar surface area (TPSA) is 69.8 Å². The van der Waals surface area contributed by atoms with Crippen molar-refractivity contribution < 1.29 is 4.79 Å². The highest BCUT2D eigenvalue weighted by Gasteiger charge is 2.04. The van der Waals surface area contributed by atoms with Crippen molar-refractivity contribution in [3.63, 3.8) is 0 Å². The molecule has 0 saturated heterocycles. The minimum Gasteiger partial charge on any atom is -0.388 e. The number of anilines is 1. The van der Waals surface area contributed by atoms with Crippen LogP contribution < -0.4 is 10.6 Å². The predicted octanol–water partition coefficient (Wildman–Crippen LogP) is 3.36. The average molecular weight is 314 g/mol. The van der Waals surface area contributed by atoms with E-state index >= 15 is 0 Å². The molecule has 1 aromatic heterocycles. The summed E-state index contributed by atoms with van der Waals surface area (Å²) in [6, 6.07) is 8.29. The molecule has 5 heteroatoms. The third kappa shape index (κ3) is 5.43. The maximum atomic E-state index is 11.1. The van der Waals surface area contributed by atoms with E-state index in [0.29, 0.717) is 6.42 Å². The Balaban J connectivity index is 1.73. The van der Waals surface area contributed by atoms with Crippen molar-refractivity contribution in [1.82, 2.24) is 15.3 Å². The van der Waals surface area contributed by atoms with E-state index in [0.717, 1.165) is 54.9 Å². The molecule has 2 rings (SSSR count). The van der Waals surface area contributed by atoms with E-state index in [4.69, 9.17) is 0 Å². The molecule has 0 saturated carbocycles. The largest absolute Gasteiger partial charge is 0.388 e. The van der Waals surface area contributed by atoms with Crippen molar-refractivity contribution >= 4 is 11.6 Å². The van der Waals surface area contributed by atoms with Crippen LogP contribution in [0.1, 0.15) is 37.9 Å². The first-order valence-corrected chi connectivity index (χ1v) is 8.25. The Bertz CT molecular complexity index is 604. The molecule has 1 aromatic carbocycles. The number of nitrogens with one attached hydrogen (secondary N) is 3. The molecule has 0 unspecified atom stereocenters. The van der Waals surface area contributed by atoms with Crippen LogP contribution in [0.25, 0.3) is 11.3 Å². The van der Waals surface area contributed by atoms with Crippen molar-refractivity contribution in [2.75, 3.05) is 19.4 Å². The van der Waals surface area contributed by atoms with Crippen LogP contribution in [0.4, 0.5) is 5.69 Å². The molecule has 0 fully saturated rings. The summed E-state index contributed by atoms with van der Waals surface area (Å²) in [4.78, 5) is 19.0. The number of hydrogen-bond donors (Lipinski definition) is 3. The summed E-state index contributed by atoms with van der Waals surface area (Å²) in [5, 5.41) is 5.76. The van der Waals surface area contributed by atoms with Gasteiger partial charge >= 0.3 is 0 Å². The molecule has 0 bridgehead atoms. The number of nitrogens with zero attached hydrogens (tertiary/aromatic N) is 1. The Morgan fingerprint density at radius 1 is 1.09 bits per heavy atom. The van der Waals surface area contributed by atoms with Gasteiger partial charge in [0, 0.05) is 32.6 Å². The zero-order chi connectivity index (χ0) is 16.5. The van der Waals surface area contributed by atoms with Gasteiger partial charge in [0.2, 0.25) is 5.91 Å². The quantitative estimate of drug-likeness (QED) is 0.622. The second-order valence-corrected chi connectivity index (χ2v) is 5.66. The number of hydrogen-bond acceptors (Lipinski definition) is 3. The van der Waals surface area contributed by atoms with Gasteiger partial charge in [0.25, 0.3) is 0 Å².